The second kappa shape index (κ2) is 7.87. The normalized spacial score (nSPS) is 18.4. The van der Waals surface area contributed by atoms with Gasteiger partial charge in [-0.05, 0) is 55.9 Å². The summed E-state index contributed by atoms with van der Waals surface area (Å²) in [7, 11) is 4.10. The van der Waals surface area contributed by atoms with E-state index in [1.165, 1.54) is 24.1 Å². The third-order valence-corrected chi connectivity index (χ3v) is 6.26. The Kier molecular flexibility index (Phi) is 5.04. The lowest BCUT2D eigenvalue weighted by Gasteiger charge is -2.17. The Bertz CT molecular complexity index is 1130. The topological polar surface area (TPSA) is 72.3 Å². The monoisotopic (exact) mass is 419 g/mol. The van der Waals surface area contributed by atoms with Crippen LogP contribution in [0.4, 0.5) is 5.69 Å². The Labute approximate surface area is 182 Å². The molecule has 1 aromatic carbocycles. The highest BCUT2D eigenvalue weighted by Crippen LogP contribution is 2.40. The zero-order valence-corrected chi connectivity index (χ0v) is 18.4. The number of aromatic nitrogens is 3. The number of nitrogens with zero attached hydrogens (tertiary/aromatic N) is 4. The fourth-order valence-corrected chi connectivity index (χ4v) is 4.41. The molecule has 0 radical (unpaired) electrons. The zero-order chi connectivity index (χ0) is 21.5. The van der Waals surface area contributed by atoms with Gasteiger partial charge in [0.25, 0.3) is 0 Å². The van der Waals surface area contributed by atoms with Gasteiger partial charge in [0, 0.05) is 44.4 Å². The number of anilines is 1. The van der Waals surface area contributed by atoms with Gasteiger partial charge in [0.2, 0.25) is 11.8 Å². The minimum Gasteiger partial charge on any atom is -0.476 e. The molecule has 1 aliphatic heterocycles. The maximum absolute atomic E-state index is 11.5. The highest BCUT2D eigenvalue weighted by atomic mass is 16.5. The van der Waals surface area contributed by atoms with Crippen LogP contribution in [0.2, 0.25) is 0 Å². The summed E-state index contributed by atoms with van der Waals surface area (Å²) in [5.41, 5.74) is 6.22. The third kappa shape index (κ3) is 3.96. The van der Waals surface area contributed by atoms with Crippen LogP contribution in [0.5, 0.6) is 5.88 Å². The van der Waals surface area contributed by atoms with E-state index in [9.17, 15) is 4.79 Å². The maximum Gasteiger partial charge on any atom is 0.240 e. The van der Waals surface area contributed by atoms with Gasteiger partial charge in [0.1, 0.15) is 5.52 Å². The van der Waals surface area contributed by atoms with Gasteiger partial charge in [0.05, 0.1) is 24.1 Å². The molecule has 7 nitrogen and oxygen atoms in total. The first kappa shape index (κ1) is 19.8. The minimum atomic E-state index is 0.135. The number of amides is 1. The molecule has 2 aromatic heterocycles. The molecule has 1 N–H and O–H groups in total. The molecule has 1 aliphatic carbocycles. The van der Waals surface area contributed by atoms with Gasteiger partial charge >= 0.3 is 0 Å². The van der Waals surface area contributed by atoms with Crippen LogP contribution in [0.1, 0.15) is 37.3 Å². The zero-order valence-electron chi connectivity index (χ0n) is 18.4. The highest BCUT2D eigenvalue weighted by Gasteiger charge is 2.28. The smallest absolute Gasteiger partial charge is 0.240 e. The molecule has 0 bridgehead atoms. The van der Waals surface area contributed by atoms with Crippen LogP contribution < -0.4 is 15.0 Å². The number of pyridine rings is 1. The molecule has 1 saturated heterocycles. The molecule has 7 heteroatoms. The molecule has 5 rings (SSSR count). The molecule has 3 aromatic rings. The van der Waals surface area contributed by atoms with Crippen molar-refractivity contribution in [2.75, 3.05) is 32.1 Å². The Balaban J connectivity index is 1.47. The van der Waals surface area contributed by atoms with Crippen molar-refractivity contribution >= 4 is 22.6 Å². The molecule has 0 unspecified atom stereocenters. The van der Waals surface area contributed by atoms with Crippen molar-refractivity contribution in [3.63, 3.8) is 0 Å². The first-order chi connectivity index (χ1) is 15.0. The van der Waals surface area contributed by atoms with E-state index in [1.807, 2.05) is 6.33 Å². The molecule has 2 aliphatic rings. The molecule has 3 heterocycles. The summed E-state index contributed by atoms with van der Waals surface area (Å²) < 4.78 is 8.44. The third-order valence-electron chi connectivity index (χ3n) is 6.26. The fourth-order valence-electron chi connectivity index (χ4n) is 4.41. The van der Waals surface area contributed by atoms with Crippen LogP contribution in [-0.4, -0.2) is 47.7 Å². The van der Waals surface area contributed by atoms with Crippen LogP contribution in [0, 0.1) is 12.8 Å². The molecule has 162 valence electrons. The number of ether oxygens (including phenoxy) is 1. The Morgan fingerprint density at radius 1 is 1.26 bits per heavy atom. The van der Waals surface area contributed by atoms with Crippen molar-refractivity contribution in [1.29, 1.82) is 0 Å². The summed E-state index contributed by atoms with van der Waals surface area (Å²) in [5.74, 6) is 1.11. The van der Waals surface area contributed by atoms with Gasteiger partial charge in [-0.15, -0.1) is 0 Å². The van der Waals surface area contributed by atoms with E-state index < -0.39 is 0 Å². The average molecular weight is 420 g/mol. The number of benzene rings is 1. The van der Waals surface area contributed by atoms with Crippen molar-refractivity contribution < 1.29 is 9.53 Å². The highest BCUT2D eigenvalue weighted by molar-refractivity contribution is 5.85. The Morgan fingerprint density at radius 2 is 2.10 bits per heavy atom. The maximum atomic E-state index is 11.5. The number of aryl methyl sites for hydroxylation is 1. The average Bonchev–Trinajstić information content (AvgIpc) is 3.36. The molecule has 2 fully saturated rings. The lowest BCUT2D eigenvalue weighted by Crippen LogP contribution is -2.14. The van der Waals surface area contributed by atoms with Crippen LogP contribution >= 0.6 is 0 Å². The number of imidazole rings is 1. The molecule has 1 saturated carbocycles. The quantitative estimate of drug-likeness (QED) is 0.632. The first-order valence-electron chi connectivity index (χ1n) is 11.0. The number of fused-ring (bicyclic) bond motifs is 1. The second-order valence-corrected chi connectivity index (χ2v) is 8.97. The summed E-state index contributed by atoms with van der Waals surface area (Å²) in [6.45, 7) is 3.40. The lowest BCUT2D eigenvalue weighted by atomic mass is 10.1. The number of rotatable bonds is 7. The van der Waals surface area contributed by atoms with Crippen LogP contribution in [0.3, 0.4) is 0 Å². The van der Waals surface area contributed by atoms with E-state index in [2.05, 4.69) is 65.1 Å². The SMILES string of the molecule is Cc1cc(-c2cc3ncn(C4CC4)c3c(OCC[C@H]3CNC(=O)C3)n2)ccc1N(C)C. The summed E-state index contributed by atoms with van der Waals surface area (Å²) in [5, 5.41) is 2.90. The van der Waals surface area contributed by atoms with Gasteiger partial charge in [-0.25, -0.2) is 9.97 Å². The number of nitrogens with one attached hydrogen (secondary N) is 1. The van der Waals surface area contributed by atoms with Gasteiger partial charge in [-0.2, -0.15) is 0 Å². The Hall–Kier alpha value is -3.09. The van der Waals surface area contributed by atoms with E-state index in [4.69, 9.17) is 9.72 Å². The predicted octanol–water partition coefficient (Wildman–Crippen LogP) is 3.71. The molecule has 1 amide bonds. The summed E-state index contributed by atoms with van der Waals surface area (Å²) in [6, 6.07) is 8.96. The van der Waals surface area contributed by atoms with Crippen LogP contribution in [0.15, 0.2) is 30.6 Å². The summed E-state index contributed by atoms with van der Waals surface area (Å²) in [4.78, 5) is 23.2. The predicted molar refractivity (Wildman–Crippen MR) is 122 cm³/mol. The lowest BCUT2D eigenvalue weighted by molar-refractivity contribution is -0.119. The standard InChI is InChI=1S/C24H29N5O2/c1-15-10-17(4-7-21(15)28(2)3)19-12-20-23(29(14-26-20)18-5-6-18)24(27-19)31-9-8-16-11-22(30)25-13-16/h4,7,10,12,14,16,18H,5-6,8-9,11,13H2,1-3H3,(H,25,30)/t16-/m1/s1. The van der Waals surface area contributed by atoms with E-state index in [0.29, 0.717) is 30.9 Å². The van der Waals surface area contributed by atoms with Crippen molar-refractivity contribution in [2.45, 2.75) is 38.6 Å². The number of hydrogen-bond donors (Lipinski definition) is 1. The summed E-state index contributed by atoms with van der Waals surface area (Å²) >= 11 is 0. The largest absolute Gasteiger partial charge is 0.476 e. The second-order valence-electron chi connectivity index (χ2n) is 8.97. The van der Waals surface area contributed by atoms with E-state index in [-0.39, 0.29) is 5.91 Å². The van der Waals surface area contributed by atoms with Gasteiger partial charge in [-0.1, -0.05) is 6.07 Å². The molecular weight excluding hydrogens is 390 g/mol. The van der Waals surface area contributed by atoms with Crippen LogP contribution in [-0.2, 0) is 4.79 Å². The fraction of sp³-hybridized carbons (Fsp3) is 0.458. The first-order valence-corrected chi connectivity index (χ1v) is 11.0. The molecule has 31 heavy (non-hydrogen) atoms. The molecule has 1 atom stereocenters. The van der Waals surface area contributed by atoms with Gasteiger partial charge < -0.3 is 19.5 Å². The van der Waals surface area contributed by atoms with Gasteiger partial charge in [-0.3, -0.25) is 4.79 Å². The van der Waals surface area contributed by atoms with Crippen molar-refractivity contribution in [2.24, 2.45) is 5.92 Å². The minimum absolute atomic E-state index is 0.135. The van der Waals surface area contributed by atoms with Crippen LogP contribution in [0.25, 0.3) is 22.3 Å². The number of carbonyl (C=O) groups excluding carboxylic acids is 1. The Morgan fingerprint density at radius 3 is 2.77 bits per heavy atom. The van der Waals surface area contributed by atoms with E-state index in [1.54, 1.807) is 0 Å². The van der Waals surface area contributed by atoms with Crippen molar-refractivity contribution in [3.8, 4) is 17.1 Å². The van der Waals surface area contributed by atoms with E-state index in [0.717, 1.165) is 35.3 Å². The molecule has 0 spiro atoms. The van der Waals surface area contributed by atoms with E-state index >= 15 is 0 Å². The van der Waals surface area contributed by atoms with Crippen molar-refractivity contribution in [1.82, 2.24) is 19.9 Å². The number of carbonyl (C=O) groups is 1. The summed E-state index contributed by atoms with van der Waals surface area (Å²) in [6.07, 6.45) is 5.69. The number of hydrogen-bond acceptors (Lipinski definition) is 5. The van der Waals surface area contributed by atoms with Gasteiger partial charge in [0.15, 0.2) is 0 Å². The van der Waals surface area contributed by atoms with Crippen molar-refractivity contribution in [3.05, 3.63) is 36.2 Å². The molecular formula is C24H29N5O2.